The van der Waals surface area contributed by atoms with Crippen molar-refractivity contribution in [2.24, 2.45) is 16.6 Å². The fourth-order valence-electron chi connectivity index (χ4n) is 0.574. The highest BCUT2D eigenvalue weighted by molar-refractivity contribution is 5.94. The predicted molar refractivity (Wildman–Crippen MR) is 56.2 cm³/mol. The summed E-state index contributed by atoms with van der Waals surface area (Å²) in [7, 11) is 0. The van der Waals surface area contributed by atoms with Gasteiger partial charge in [0.15, 0.2) is 5.78 Å². The molecule has 2 N–H and O–H groups in total. The average molecular weight is 183 g/mol. The number of rotatable bonds is 1. The third kappa shape index (κ3) is 4.11. The molecule has 0 heterocycles. The van der Waals surface area contributed by atoms with Crippen molar-refractivity contribution in [2.75, 3.05) is 0 Å². The van der Waals surface area contributed by atoms with E-state index in [1.54, 1.807) is 6.08 Å². The van der Waals surface area contributed by atoms with Gasteiger partial charge in [-0.25, -0.2) is 0 Å². The molecule has 0 spiro atoms. The smallest absolute Gasteiger partial charge is 0.162 e. The van der Waals surface area contributed by atoms with Crippen molar-refractivity contribution in [1.82, 2.24) is 0 Å². The van der Waals surface area contributed by atoms with E-state index in [4.69, 9.17) is 5.73 Å². The third-order valence-electron chi connectivity index (χ3n) is 1.89. The summed E-state index contributed by atoms with van der Waals surface area (Å²) < 4.78 is 0. The molecule has 0 bridgehead atoms. The van der Waals surface area contributed by atoms with Crippen molar-refractivity contribution in [3.8, 4) is 0 Å². The van der Waals surface area contributed by atoms with Gasteiger partial charge in [0.25, 0.3) is 0 Å². The van der Waals surface area contributed by atoms with Crippen LogP contribution in [-0.4, -0.2) is 5.78 Å². The van der Waals surface area contributed by atoms with Crippen LogP contribution in [0.1, 0.15) is 41.5 Å². The lowest BCUT2D eigenvalue weighted by atomic mass is 9.86. The molecule has 0 aromatic heterocycles. The largest absolute Gasteiger partial charge is 0.402 e. The molecule has 76 valence electrons. The van der Waals surface area contributed by atoms with Gasteiger partial charge >= 0.3 is 0 Å². The maximum atomic E-state index is 11.6. The molecule has 0 aliphatic rings. The molecule has 2 nitrogen and oxygen atoms in total. The van der Waals surface area contributed by atoms with Gasteiger partial charge in [0.05, 0.1) is 0 Å². The Balaban J connectivity index is 4.70. The molecule has 0 fully saturated rings. The second kappa shape index (κ2) is 3.52. The Kier molecular flexibility index (Phi) is 3.31. The molecule has 0 aliphatic carbocycles. The Morgan fingerprint density at radius 1 is 1.00 bits per heavy atom. The molecule has 0 radical (unpaired) electrons. The molecule has 0 saturated heterocycles. The van der Waals surface area contributed by atoms with E-state index >= 15 is 0 Å². The molecule has 0 rings (SSSR count). The van der Waals surface area contributed by atoms with Gasteiger partial charge < -0.3 is 5.73 Å². The first kappa shape index (κ1) is 12.2. The van der Waals surface area contributed by atoms with Crippen molar-refractivity contribution in [3.63, 3.8) is 0 Å². The summed E-state index contributed by atoms with van der Waals surface area (Å²) in [5.74, 6) is 0.0833. The van der Waals surface area contributed by atoms with E-state index in [9.17, 15) is 4.79 Å². The first-order chi connectivity index (χ1) is 5.55. The number of ketones is 1. The van der Waals surface area contributed by atoms with Crippen LogP contribution in [0.2, 0.25) is 0 Å². The zero-order chi connectivity index (χ0) is 10.9. The van der Waals surface area contributed by atoms with Crippen molar-refractivity contribution in [1.29, 1.82) is 0 Å². The van der Waals surface area contributed by atoms with Gasteiger partial charge in [0.1, 0.15) is 0 Å². The number of carbonyl (C=O) groups is 1. The van der Waals surface area contributed by atoms with E-state index in [1.807, 2.05) is 41.5 Å². The first-order valence-electron chi connectivity index (χ1n) is 4.57. The molecule has 0 aromatic rings. The minimum atomic E-state index is -0.337. The highest BCUT2D eigenvalue weighted by Crippen LogP contribution is 2.23. The second-order valence-electron chi connectivity index (χ2n) is 5.46. The van der Waals surface area contributed by atoms with Crippen molar-refractivity contribution in [2.45, 2.75) is 41.5 Å². The van der Waals surface area contributed by atoms with Crippen LogP contribution in [0.5, 0.6) is 0 Å². The summed E-state index contributed by atoms with van der Waals surface area (Å²) >= 11 is 0. The lowest BCUT2D eigenvalue weighted by Crippen LogP contribution is -2.23. The number of allylic oxidation sites excluding steroid dienone is 2. The minimum absolute atomic E-state index is 0.0833. The maximum absolute atomic E-state index is 11.6. The quantitative estimate of drug-likeness (QED) is 0.635. The molecule has 2 heteroatoms. The van der Waals surface area contributed by atoms with Crippen LogP contribution >= 0.6 is 0 Å². The molecule has 0 unspecified atom stereocenters. The van der Waals surface area contributed by atoms with E-state index in [2.05, 4.69) is 0 Å². The topological polar surface area (TPSA) is 43.1 Å². The molecule has 0 atom stereocenters. The van der Waals surface area contributed by atoms with E-state index in [0.29, 0.717) is 5.70 Å². The summed E-state index contributed by atoms with van der Waals surface area (Å²) in [6, 6.07) is 0. The molecule has 0 aromatic carbocycles. The summed E-state index contributed by atoms with van der Waals surface area (Å²) in [6.07, 6.45) is 1.56. The maximum Gasteiger partial charge on any atom is 0.162 e. The minimum Gasteiger partial charge on any atom is -0.402 e. The number of carbonyl (C=O) groups excluding carboxylic acids is 1. The monoisotopic (exact) mass is 183 g/mol. The number of hydrogen-bond acceptors (Lipinski definition) is 2. The van der Waals surface area contributed by atoms with Gasteiger partial charge in [-0.05, 0) is 0 Å². The van der Waals surface area contributed by atoms with Crippen LogP contribution in [0.25, 0.3) is 0 Å². The fourth-order valence-corrected chi connectivity index (χ4v) is 0.574. The second-order valence-corrected chi connectivity index (χ2v) is 5.46. The number of nitrogens with two attached hydrogens (primary N) is 1. The van der Waals surface area contributed by atoms with Crippen LogP contribution < -0.4 is 5.73 Å². The summed E-state index contributed by atoms with van der Waals surface area (Å²) in [4.78, 5) is 11.6. The number of hydrogen-bond donors (Lipinski definition) is 1. The van der Waals surface area contributed by atoms with Crippen molar-refractivity contribution in [3.05, 3.63) is 11.8 Å². The normalized spacial score (nSPS) is 14.5. The van der Waals surface area contributed by atoms with Gasteiger partial charge in [-0.3, -0.25) is 4.79 Å². The standard InChI is InChI=1S/C11H21NO/c1-10(2,3)8(12)7-9(13)11(4,5)6/h7H,12H2,1-6H3/b8-7-. The van der Waals surface area contributed by atoms with Gasteiger partial charge in [-0.1, -0.05) is 41.5 Å². The van der Waals surface area contributed by atoms with E-state index in [-0.39, 0.29) is 16.6 Å². The van der Waals surface area contributed by atoms with Gasteiger partial charge in [0, 0.05) is 22.6 Å². The first-order valence-corrected chi connectivity index (χ1v) is 4.57. The SMILES string of the molecule is CC(C)(C)C(=O)/C=C(\N)C(C)(C)C. The van der Waals surface area contributed by atoms with Gasteiger partial charge in [-0.15, -0.1) is 0 Å². The molecule has 0 amide bonds. The lowest BCUT2D eigenvalue weighted by molar-refractivity contribution is -0.121. The average Bonchev–Trinajstić information content (AvgIpc) is 1.82. The lowest BCUT2D eigenvalue weighted by Gasteiger charge is -2.21. The molecule has 0 saturated carbocycles. The predicted octanol–water partition coefficient (Wildman–Crippen LogP) is 2.49. The summed E-state index contributed by atoms with van der Waals surface area (Å²) in [5, 5.41) is 0. The zero-order valence-electron chi connectivity index (χ0n) is 9.56. The highest BCUT2D eigenvalue weighted by atomic mass is 16.1. The highest BCUT2D eigenvalue weighted by Gasteiger charge is 2.22. The van der Waals surface area contributed by atoms with E-state index in [1.165, 1.54) is 0 Å². The fraction of sp³-hybridized carbons (Fsp3) is 0.727. The molecular formula is C11H21NO. The summed E-state index contributed by atoms with van der Waals surface area (Å²) in [5.41, 5.74) is 5.97. The van der Waals surface area contributed by atoms with Crippen LogP contribution in [0.4, 0.5) is 0 Å². The molecular weight excluding hydrogens is 162 g/mol. The van der Waals surface area contributed by atoms with E-state index < -0.39 is 0 Å². The third-order valence-corrected chi connectivity index (χ3v) is 1.89. The Morgan fingerprint density at radius 2 is 1.38 bits per heavy atom. The Morgan fingerprint density at radius 3 is 1.62 bits per heavy atom. The van der Waals surface area contributed by atoms with E-state index in [0.717, 1.165) is 0 Å². The van der Waals surface area contributed by atoms with Crippen LogP contribution in [0.3, 0.4) is 0 Å². The Hall–Kier alpha value is -0.790. The molecule has 13 heavy (non-hydrogen) atoms. The Bertz CT molecular complexity index is 225. The van der Waals surface area contributed by atoms with Crippen molar-refractivity contribution < 1.29 is 4.79 Å². The van der Waals surface area contributed by atoms with Gasteiger partial charge in [0.2, 0.25) is 0 Å². The molecule has 0 aliphatic heterocycles. The zero-order valence-corrected chi connectivity index (χ0v) is 9.56. The van der Waals surface area contributed by atoms with Crippen molar-refractivity contribution >= 4 is 5.78 Å². The Labute approximate surface area is 81.2 Å². The van der Waals surface area contributed by atoms with Crippen LogP contribution in [0.15, 0.2) is 11.8 Å². The summed E-state index contributed by atoms with van der Waals surface area (Å²) in [6.45, 7) is 11.7. The van der Waals surface area contributed by atoms with Crippen LogP contribution in [0, 0.1) is 10.8 Å². The van der Waals surface area contributed by atoms with Crippen LogP contribution in [-0.2, 0) is 4.79 Å². The van der Waals surface area contributed by atoms with Gasteiger partial charge in [-0.2, -0.15) is 0 Å².